The van der Waals surface area contributed by atoms with Crippen LogP contribution in [0.25, 0.3) is 0 Å². The Labute approximate surface area is 121 Å². The molecule has 0 saturated carbocycles. The molecular formula is C15H16FN3O2. The molecule has 0 spiro atoms. The fraction of sp³-hybridized carbons (Fsp3) is 0.200. The molecule has 21 heavy (non-hydrogen) atoms. The topological polar surface area (TPSA) is 77.2 Å². The van der Waals surface area contributed by atoms with Gasteiger partial charge in [-0.3, -0.25) is 4.79 Å². The first-order valence-corrected chi connectivity index (χ1v) is 6.41. The SMILES string of the molecule is COCCc1ccccc1NC(=O)c1ccnc(N)c1F. The number of amides is 1. The number of halogens is 1. The van der Waals surface area contributed by atoms with Crippen LogP contribution in [0.5, 0.6) is 0 Å². The van der Waals surface area contributed by atoms with Crippen LogP contribution < -0.4 is 11.1 Å². The van der Waals surface area contributed by atoms with E-state index in [0.29, 0.717) is 18.7 Å². The van der Waals surface area contributed by atoms with Crippen LogP contribution in [0, 0.1) is 5.82 Å². The van der Waals surface area contributed by atoms with Crippen molar-refractivity contribution in [1.82, 2.24) is 4.98 Å². The standard InChI is InChI=1S/C15H16FN3O2/c1-21-9-7-10-4-2-3-5-12(10)19-15(20)11-6-8-18-14(17)13(11)16/h2-6,8H,7,9H2,1H3,(H2,17,18)(H,19,20). The molecule has 3 N–H and O–H groups in total. The number of anilines is 2. The number of nitrogen functional groups attached to an aromatic ring is 1. The molecule has 1 aromatic carbocycles. The zero-order chi connectivity index (χ0) is 15.2. The lowest BCUT2D eigenvalue weighted by molar-refractivity contribution is 0.102. The number of benzene rings is 1. The number of para-hydroxylation sites is 1. The van der Waals surface area contributed by atoms with E-state index >= 15 is 0 Å². The third kappa shape index (κ3) is 3.55. The molecule has 0 atom stereocenters. The molecule has 0 saturated heterocycles. The molecule has 2 rings (SSSR count). The van der Waals surface area contributed by atoms with Crippen LogP contribution in [-0.4, -0.2) is 24.6 Å². The lowest BCUT2D eigenvalue weighted by atomic mass is 10.1. The number of methoxy groups -OCH3 is 1. The molecule has 110 valence electrons. The van der Waals surface area contributed by atoms with Gasteiger partial charge in [0.1, 0.15) is 0 Å². The molecule has 0 aliphatic rings. The van der Waals surface area contributed by atoms with E-state index in [4.69, 9.17) is 10.5 Å². The van der Waals surface area contributed by atoms with Crippen LogP contribution in [0.2, 0.25) is 0 Å². The van der Waals surface area contributed by atoms with Gasteiger partial charge in [-0.1, -0.05) is 18.2 Å². The van der Waals surface area contributed by atoms with Gasteiger partial charge in [0.2, 0.25) is 0 Å². The summed E-state index contributed by atoms with van der Waals surface area (Å²) in [6.07, 6.45) is 1.94. The second-order valence-corrected chi connectivity index (χ2v) is 4.41. The highest BCUT2D eigenvalue weighted by Gasteiger charge is 2.15. The minimum atomic E-state index is -0.815. The first-order chi connectivity index (χ1) is 10.1. The number of nitrogens with one attached hydrogen (secondary N) is 1. The summed E-state index contributed by atoms with van der Waals surface area (Å²) in [5, 5.41) is 2.69. The maximum atomic E-state index is 13.8. The highest BCUT2D eigenvalue weighted by Crippen LogP contribution is 2.18. The summed E-state index contributed by atoms with van der Waals surface area (Å²) in [6, 6.07) is 8.59. The van der Waals surface area contributed by atoms with E-state index in [1.54, 1.807) is 19.2 Å². The summed E-state index contributed by atoms with van der Waals surface area (Å²) < 4.78 is 18.8. The Hall–Kier alpha value is -2.47. The fourth-order valence-corrected chi connectivity index (χ4v) is 1.90. The number of nitrogens with zero attached hydrogens (tertiary/aromatic N) is 1. The lowest BCUT2D eigenvalue weighted by Gasteiger charge is -2.11. The van der Waals surface area contributed by atoms with Gasteiger partial charge in [-0.2, -0.15) is 0 Å². The van der Waals surface area contributed by atoms with Gasteiger partial charge in [0.05, 0.1) is 12.2 Å². The third-order valence-electron chi connectivity index (χ3n) is 3.00. The molecule has 1 aromatic heterocycles. The van der Waals surface area contributed by atoms with E-state index in [2.05, 4.69) is 10.3 Å². The van der Waals surface area contributed by atoms with Crippen molar-refractivity contribution >= 4 is 17.4 Å². The predicted molar refractivity (Wildman–Crippen MR) is 78.6 cm³/mol. The minimum Gasteiger partial charge on any atom is -0.384 e. The van der Waals surface area contributed by atoms with Gasteiger partial charge in [-0.05, 0) is 24.1 Å². The van der Waals surface area contributed by atoms with Gasteiger partial charge in [-0.25, -0.2) is 9.37 Å². The average Bonchev–Trinajstić information content (AvgIpc) is 2.49. The number of rotatable bonds is 5. The number of carbonyl (C=O) groups is 1. The van der Waals surface area contributed by atoms with E-state index in [1.807, 2.05) is 12.1 Å². The Kier molecular flexibility index (Phi) is 4.84. The zero-order valence-corrected chi connectivity index (χ0v) is 11.6. The summed E-state index contributed by atoms with van der Waals surface area (Å²) in [4.78, 5) is 15.7. The van der Waals surface area contributed by atoms with Crippen molar-refractivity contribution in [2.24, 2.45) is 0 Å². The van der Waals surface area contributed by atoms with Crippen LogP contribution in [-0.2, 0) is 11.2 Å². The van der Waals surface area contributed by atoms with Gasteiger partial charge >= 0.3 is 0 Å². The summed E-state index contributed by atoms with van der Waals surface area (Å²) in [5.41, 5.74) is 6.76. The van der Waals surface area contributed by atoms with Gasteiger partial charge in [0.25, 0.3) is 5.91 Å². The van der Waals surface area contributed by atoms with Crippen molar-refractivity contribution in [2.45, 2.75) is 6.42 Å². The summed E-state index contributed by atoms with van der Waals surface area (Å²) in [7, 11) is 1.61. The van der Waals surface area contributed by atoms with Gasteiger partial charge in [-0.15, -0.1) is 0 Å². The van der Waals surface area contributed by atoms with Gasteiger partial charge < -0.3 is 15.8 Å². The monoisotopic (exact) mass is 289 g/mol. The van der Waals surface area contributed by atoms with Crippen molar-refractivity contribution in [3.05, 3.63) is 53.5 Å². The van der Waals surface area contributed by atoms with Gasteiger partial charge in [0.15, 0.2) is 11.6 Å². The largest absolute Gasteiger partial charge is 0.384 e. The first-order valence-electron chi connectivity index (χ1n) is 6.41. The molecular weight excluding hydrogens is 273 g/mol. The maximum absolute atomic E-state index is 13.8. The summed E-state index contributed by atoms with van der Waals surface area (Å²) in [6.45, 7) is 0.531. The van der Waals surface area contributed by atoms with Crippen molar-refractivity contribution < 1.29 is 13.9 Å². The van der Waals surface area contributed by atoms with E-state index in [9.17, 15) is 9.18 Å². The predicted octanol–water partition coefficient (Wildman–Crippen LogP) is 2.24. The number of pyridine rings is 1. The van der Waals surface area contributed by atoms with Crippen LogP contribution in [0.3, 0.4) is 0 Å². The number of ether oxygens (including phenoxy) is 1. The normalized spacial score (nSPS) is 10.4. The Balaban J connectivity index is 2.22. The lowest BCUT2D eigenvalue weighted by Crippen LogP contribution is -2.16. The molecule has 0 radical (unpaired) electrons. The third-order valence-corrected chi connectivity index (χ3v) is 3.00. The Bertz CT molecular complexity index is 647. The smallest absolute Gasteiger partial charge is 0.258 e. The molecule has 2 aromatic rings. The average molecular weight is 289 g/mol. The molecule has 1 amide bonds. The van der Waals surface area contributed by atoms with Crippen molar-refractivity contribution in [1.29, 1.82) is 0 Å². The Morgan fingerprint density at radius 3 is 2.90 bits per heavy atom. The number of aromatic nitrogens is 1. The van der Waals surface area contributed by atoms with E-state index in [0.717, 1.165) is 5.56 Å². The number of carbonyl (C=O) groups excluding carboxylic acids is 1. The first kappa shape index (κ1) is 14.9. The van der Waals surface area contributed by atoms with E-state index in [1.165, 1.54) is 12.3 Å². The molecule has 0 aliphatic carbocycles. The fourth-order valence-electron chi connectivity index (χ4n) is 1.90. The second-order valence-electron chi connectivity index (χ2n) is 4.41. The summed E-state index contributed by atoms with van der Waals surface area (Å²) >= 11 is 0. The highest BCUT2D eigenvalue weighted by molar-refractivity contribution is 6.05. The van der Waals surface area contributed by atoms with Crippen molar-refractivity contribution in [2.75, 3.05) is 24.8 Å². The maximum Gasteiger partial charge on any atom is 0.258 e. The van der Waals surface area contributed by atoms with Crippen molar-refractivity contribution in [3.63, 3.8) is 0 Å². The molecule has 0 fully saturated rings. The van der Waals surface area contributed by atoms with Crippen molar-refractivity contribution in [3.8, 4) is 0 Å². The zero-order valence-electron chi connectivity index (χ0n) is 11.6. The van der Waals surface area contributed by atoms with Crippen LogP contribution in [0.1, 0.15) is 15.9 Å². The molecule has 6 heteroatoms. The summed E-state index contributed by atoms with van der Waals surface area (Å²) in [5.74, 6) is -1.67. The number of hydrogen-bond acceptors (Lipinski definition) is 4. The number of nitrogens with two attached hydrogens (primary N) is 1. The van der Waals surface area contributed by atoms with Gasteiger partial charge in [0, 0.05) is 19.0 Å². The van der Waals surface area contributed by atoms with E-state index in [-0.39, 0.29) is 11.4 Å². The molecule has 1 heterocycles. The van der Waals surface area contributed by atoms with Crippen LogP contribution >= 0.6 is 0 Å². The molecule has 0 bridgehead atoms. The van der Waals surface area contributed by atoms with Crippen LogP contribution in [0.4, 0.5) is 15.9 Å². The van der Waals surface area contributed by atoms with E-state index < -0.39 is 11.7 Å². The quantitative estimate of drug-likeness (QED) is 0.885. The molecule has 5 nitrogen and oxygen atoms in total. The second kappa shape index (κ2) is 6.81. The molecule has 0 aliphatic heterocycles. The number of hydrogen-bond donors (Lipinski definition) is 2. The van der Waals surface area contributed by atoms with Crippen LogP contribution in [0.15, 0.2) is 36.5 Å². The Morgan fingerprint density at radius 1 is 1.38 bits per heavy atom. The Morgan fingerprint density at radius 2 is 2.14 bits per heavy atom. The minimum absolute atomic E-state index is 0.135. The molecule has 0 unspecified atom stereocenters. The highest BCUT2D eigenvalue weighted by atomic mass is 19.1.